The molecule has 4 aliphatic rings. The van der Waals surface area contributed by atoms with Gasteiger partial charge in [0.05, 0.1) is 0 Å². The first kappa shape index (κ1) is 20.1. The highest BCUT2D eigenvalue weighted by molar-refractivity contribution is 5.92. The number of hydrogen-bond donors (Lipinski definition) is 1. The zero-order valence-electron chi connectivity index (χ0n) is 17.9. The van der Waals surface area contributed by atoms with E-state index in [1.165, 1.54) is 0 Å². The number of carbonyl (C=O) groups is 2. The Hall–Kier alpha value is -2.58. The van der Waals surface area contributed by atoms with Gasteiger partial charge in [0.1, 0.15) is 5.92 Å². The van der Waals surface area contributed by atoms with E-state index < -0.39 is 11.8 Å². The Morgan fingerprint density at radius 2 is 1.81 bits per heavy atom. The summed E-state index contributed by atoms with van der Waals surface area (Å²) in [5.74, 6) is -3.49. The highest BCUT2D eigenvalue weighted by Gasteiger charge is 2.62. The Morgan fingerprint density at radius 1 is 1.06 bits per heavy atom. The Balaban J connectivity index is 1.14. The molecule has 32 heavy (non-hydrogen) atoms. The summed E-state index contributed by atoms with van der Waals surface area (Å²) < 4.78 is 28.4. The second kappa shape index (κ2) is 6.96. The smallest absolute Gasteiger partial charge is 0.260 e. The number of halogens is 2. The average Bonchev–Trinajstić information content (AvgIpc) is 3.64. The lowest BCUT2D eigenvalue weighted by Gasteiger charge is -2.39. The maximum Gasteiger partial charge on any atom is 0.260 e. The number of anilines is 1. The Labute approximate surface area is 184 Å². The van der Waals surface area contributed by atoms with Crippen molar-refractivity contribution >= 4 is 23.4 Å². The Kier molecular flexibility index (Phi) is 4.36. The van der Waals surface area contributed by atoms with Crippen LogP contribution in [-0.2, 0) is 9.59 Å². The van der Waals surface area contributed by atoms with Crippen molar-refractivity contribution in [3.63, 3.8) is 0 Å². The molecule has 0 unspecified atom stereocenters. The first-order chi connectivity index (χ1) is 15.3. The van der Waals surface area contributed by atoms with Crippen LogP contribution in [0.15, 0.2) is 18.2 Å². The third-order valence-corrected chi connectivity index (χ3v) is 7.95. The van der Waals surface area contributed by atoms with Gasteiger partial charge in [-0.2, -0.15) is 4.98 Å². The molecule has 1 aliphatic heterocycles. The van der Waals surface area contributed by atoms with Gasteiger partial charge in [0.25, 0.3) is 5.92 Å². The molecule has 9 heteroatoms. The number of aromatic nitrogens is 3. The monoisotopic (exact) mass is 443 g/mol. The van der Waals surface area contributed by atoms with Gasteiger partial charge in [0.15, 0.2) is 5.65 Å². The minimum atomic E-state index is -2.79. The van der Waals surface area contributed by atoms with Crippen LogP contribution >= 0.6 is 0 Å². The number of likely N-dealkylation sites (tertiary alicyclic amines) is 1. The predicted octanol–water partition coefficient (Wildman–Crippen LogP) is 3.61. The summed E-state index contributed by atoms with van der Waals surface area (Å²) in [7, 11) is 0. The minimum Gasteiger partial charge on any atom is -0.342 e. The second-order valence-corrected chi connectivity index (χ2v) is 10.2. The van der Waals surface area contributed by atoms with E-state index in [0.717, 1.165) is 56.3 Å². The van der Waals surface area contributed by atoms with Crippen molar-refractivity contribution in [3.05, 3.63) is 23.9 Å². The van der Waals surface area contributed by atoms with Crippen LogP contribution in [-0.4, -0.2) is 50.3 Å². The quantitative estimate of drug-likeness (QED) is 0.783. The summed E-state index contributed by atoms with van der Waals surface area (Å²) in [4.78, 5) is 30.5. The van der Waals surface area contributed by atoms with E-state index in [-0.39, 0.29) is 29.6 Å². The Morgan fingerprint density at radius 3 is 2.50 bits per heavy atom. The number of fused-ring (bicyclic) bond motifs is 1. The molecule has 0 aromatic carbocycles. The van der Waals surface area contributed by atoms with Gasteiger partial charge in [0, 0.05) is 37.0 Å². The lowest BCUT2D eigenvalue weighted by molar-refractivity contribution is -0.137. The van der Waals surface area contributed by atoms with Crippen molar-refractivity contribution in [1.29, 1.82) is 0 Å². The first-order valence-electron chi connectivity index (χ1n) is 11.7. The highest BCUT2D eigenvalue weighted by atomic mass is 19.3. The van der Waals surface area contributed by atoms with Gasteiger partial charge < -0.3 is 4.90 Å². The van der Waals surface area contributed by atoms with Crippen LogP contribution < -0.4 is 5.32 Å². The van der Waals surface area contributed by atoms with Crippen LogP contribution in [0.25, 0.3) is 5.65 Å². The maximum atomic E-state index is 13.3. The van der Waals surface area contributed by atoms with Crippen molar-refractivity contribution < 1.29 is 18.4 Å². The van der Waals surface area contributed by atoms with Crippen molar-refractivity contribution in [3.8, 4) is 0 Å². The third kappa shape index (κ3) is 3.46. The van der Waals surface area contributed by atoms with Gasteiger partial charge in [-0.25, -0.2) is 13.3 Å². The number of piperidine rings is 1. The van der Waals surface area contributed by atoms with Gasteiger partial charge in [-0.1, -0.05) is 6.07 Å². The van der Waals surface area contributed by atoms with E-state index in [0.29, 0.717) is 25.0 Å². The Bertz CT molecular complexity index is 1090. The molecular weight excluding hydrogens is 416 g/mol. The summed E-state index contributed by atoms with van der Waals surface area (Å²) in [6.45, 7) is 1.14. The van der Waals surface area contributed by atoms with Crippen molar-refractivity contribution in [2.45, 2.75) is 63.2 Å². The number of nitrogens with one attached hydrogen (secondary N) is 1. The van der Waals surface area contributed by atoms with Crippen molar-refractivity contribution in [1.82, 2.24) is 19.5 Å². The fourth-order valence-corrected chi connectivity index (χ4v) is 5.66. The van der Waals surface area contributed by atoms with Crippen LogP contribution in [0.5, 0.6) is 0 Å². The van der Waals surface area contributed by atoms with E-state index >= 15 is 0 Å². The van der Waals surface area contributed by atoms with Crippen LogP contribution in [0, 0.1) is 17.3 Å². The van der Waals surface area contributed by atoms with Crippen LogP contribution in [0.2, 0.25) is 0 Å². The number of carbonyl (C=O) groups excluding carboxylic acids is 2. The summed E-state index contributed by atoms with van der Waals surface area (Å²) in [5, 5.41) is 7.40. The normalized spacial score (nSPS) is 28.2. The molecule has 2 aromatic heterocycles. The van der Waals surface area contributed by atoms with Gasteiger partial charge in [0.2, 0.25) is 17.8 Å². The third-order valence-electron chi connectivity index (χ3n) is 7.95. The average molecular weight is 443 g/mol. The van der Waals surface area contributed by atoms with Gasteiger partial charge in [-0.05, 0) is 62.5 Å². The summed E-state index contributed by atoms with van der Waals surface area (Å²) in [5.41, 5.74) is 1.97. The molecule has 3 heterocycles. The van der Waals surface area contributed by atoms with Gasteiger partial charge in [-0.15, -0.1) is 5.10 Å². The van der Waals surface area contributed by atoms with Crippen molar-refractivity contribution in [2.75, 3.05) is 18.4 Å². The van der Waals surface area contributed by atoms with E-state index in [4.69, 9.17) is 0 Å². The molecule has 4 fully saturated rings. The predicted molar refractivity (Wildman–Crippen MR) is 112 cm³/mol. The first-order valence-corrected chi connectivity index (χ1v) is 11.7. The van der Waals surface area contributed by atoms with E-state index in [9.17, 15) is 18.4 Å². The lowest BCUT2D eigenvalue weighted by atomic mass is 9.76. The molecule has 2 amide bonds. The molecule has 170 valence electrons. The molecular formula is C23H27F2N5O2. The SMILES string of the molecule is O=C(Nc1nc2cccc([C@H]3CCC4(CCN(C(=O)[C@@H]5CC5(F)F)CC4)C3)n2n1)C1CC1. The summed E-state index contributed by atoms with van der Waals surface area (Å²) in [6, 6.07) is 5.95. The second-order valence-electron chi connectivity index (χ2n) is 10.2. The molecule has 7 nitrogen and oxygen atoms in total. The van der Waals surface area contributed by atoms with E-state index in [1.54, 1.807) is 4.90 Å². The largest absolute Gasteiger partial charge is 0.342 e. The zero-order valence-corrected chi connectivity index (χ0v) is 17.9. The number of hydrogen-bond acceptors (Lipinski definition) is 4. The lowest BCUT2D eigenvalue weighted by Crippen LogP contribution is -2.43. The van der Waals surface area contributed by atoms with Gasteiger partial charge in [-0.3, -0.25) is 14.9 Å². The molecule has 1 N–H and O–H groups in total. The molecule has 0 radical (unpaired) electrons. The number of nitrogens with zero attached hydrogens (tertiary/aromatic N) is 4. The number of pyridine rings is 1. The molecule has 6 rings (SSSR count). The fraction of sp³-hybridized carbons (Fsp3) is 0.652. The molecule has 0 bridgehead atoms. The molecule has 1 saturated heterocycles. The van der Waals surface area contributed by atoms with Gasteiger partial charge >= 0.3 is 0 Å². The standard InChI is InChI=1S/C23H27F2N5O2/c24-23(25)13-16(23)20(32)29-10-8-22(9-11-29)7-6-15(12-22)17-2-1-3-18-26-21(28-30(17)18)27-19(31)14-4-5-14/h1-3,14-16H,4-13H2,(H,27,28,31)/t15-,16-/m0/s1. The van der Waals surface area contributed by atoms with Crippen molar-refractivity contribution in [2.24, 2.45) is 17.3 Å². The summed E-state index contributed by atoms with van der Waals surface area (Å²) >= 11 is 0. The van der Waals surface area contributed by atoms with E-state index in [1.807, 2.05) is 16.6 Å². The molecule has 3 saturated carbocycles. The number of rotatable bonds is 4. The maximum absolute atomic E-state index is 13.3. The van der Waals surface area contributed by atoms with Crippen LogP contribution in [0.3, 0.4) is 0 Å². The fourth-order valence-electron chi connectivity index (χ4n) is 5.66. The highest BCUT2D eigenvalue weighted by Crippen LogP contribution is 2.54. The molecule has 2 aromatic rings. The van der Waals surface area contributed by atoms with Crippen LogP contribution in [0.4, 0.5) is 14.7 Å². The number of alkyl halides is 2. The van der Waals surface area contributed by atoms with Crippen LogP contribution in [0.1, 0.15) is 63.0 Å². The minimum absolute atomic E-state index is 0.00691. The molecule has 2 atom stereocenters. The topological polar surface area (TPSA) is 79.6 Å². The molecule has 1 spiro atoms. The van der Waals surface area contributed by atoms with E-state index in [2.05, 4.69) is 21.5 Å². The zero-order chi connectivity index (χ0) is 22.1. The molecule has 3 aliphatic carbocycles. The number of amides is 2. The summed E-state index contributed by atoms with van der Waals surface area (Å²) in [6.07, 6.45) is 6.39.